The van der Waals surface area contributed by atoms with E-state index in [9.17, 15) is 14.4 Å². The van der Waals surface area contributed by atoms with Crippen molar-refractivity contribution in [3.63, 3.8) is 0 Å². The lowest BCUT2D eigenvalue weighted by atomic mass is 10.1. The third kappa shape index (κ3) is 4.62. The summed E-state index contributed by atoms with van der Waals surface area (Å²) in [5, 5.41) is 0.789. The highest BCUT2D eigenvalue weighted by Crippen LogP contribution is 2.22. The molecule has 0 aliphatic heterocycles. The Balaban J connectivity index is 1.55. The van der Waals surface area contributed by atoms with E-state index in [2.05, 4.69) is 0 Å². The van der Waals surface area contributed by atoms with Crippen LogP contribution in [0, 0.1) is 6.92 Å². The maximum absolute atomic E-state index is 12.0. The number of carbonyl (C=O) groups is 2. The summed E-state index contributed by atoms with van der Waals surface area (Å²) in [6, 6.07) is 10.0. The third-order valence-corrected chi connectivity index (χ3v) is 5.20. The van der Waals surface area contributed by atoms with E-state index in [1.165, 1.54) is 17.4 Å². The van der Waals surface area contributed by atoms with E-state index < -0.39 is 11.6 Å². The number of benzene rings is 1. The molecule has 0 amide bonds. The van der Waals surface area contributed by atoms with Crippen LogP contribution in [0.2, 0.25) is 0 Å². The quantitative estimate of drug-likeness (QED) is 0.351. The van der Waals surface area contributed by atoms with Gasteiger partial charge in [-0.2, -0.15) is 0 Å². The van der Waals surface area contributed by atoms with Gasteiger partial charge in [0.15, 0.2) is 13.2 Å². The summed E-state index contributed by atoms with van der Waals surface area (Å²) in [5.74, 6) is -0.525. The molecular weight excluding hydrogens is 368 g/mol. The first-order valence-electron chi connectivity index (χ1n) is 8.41. The number of hydrogen-bond acceptors (Lipinski definition) is 7. The third-order valence-electron chi connectivity index (χ3n) is 3.93. The van der Waals surface area contributed by atoms with Crippen LogP contribution in [0.15, 0.2) is 45.6 Å². The fourth-order valence-corrected chi connectivity index (χ4v) is 3.39. The van der Waals surface area contributed by atoms with Crippen LogP contribution in [0.4, 0.5) is 0 Å². The minimum Gasteiger partial charge on any atom is -0.482 e. The van der Waals surface area contributed by atoms with E-state index in [4.69, 9.17) is 13.9 Å². The molecule has 2 aromatic heterocycles. The van der Waals surface area contributed by atoms with Crippen molar-refractivity contribution >= 4 is 34.1 Å². The van der Waals surface area contributed by atoms with Crippen LogP contribution in [0.5, 0.6) is 5.75 Å². The molecule has 0 bridgehead atoms. The van der Waals surface area contributed by atoms with E-state index in [0.717, 1.165) is 22.2 Å². The van der Waals surface area contributed by atoms with Crippen molar-refractivity contribution in [2.24, 2.45) is 0 Å². The summed E-state index contributed by atoms with van der Waals surface area (Å²) in [6.07, 6.45) is 0.858. The van der Waals surface area contributed by atoms with E-state index in [1.807, 2.05) is 19.9 Å². The van der Waals surface area contributed by atoms with Crippen molar-refractivity contribution in [3.05, 3.63) is 62.1 Å². The molecule has 3 aromatic rings. The number of fused-ring (bicyclic) bond motifs is 1. The number of hydrogen-bond donors (Lipinski definition) is 0. The Morgan fingerprint density at radius 1 is 1.11 bits per heavy atom. The van der Waals surface area contributed by atoms with Crippen LogP contribution in [0.3, 0.4) is 0 Å². The van der Waals surface area contributed by atoms with Crippen LogP contribution in [-0.2, 0) is 16.0 Å². The Bertz CT molecular complexity index is 1050. The minimum absolute atomic E-state index is 0.240. The summed E-state index contributed by atoms with van der Waals surface area (Å²) in [6.45, 7) is 3.15. The zero-order valence-corrected chi connectivity index (χ0v) is 15.8. The zero-order valence-electron chi connectivity index (χ0n) is 14.9. The predicted molar refractivity (Wildman–Crippen MR) is 102 cm³/mol. The Hall–Kier alpha value is -2.93. The molecule has 0 unspecified atom stereocenters. The number of thiophene rings is 1. The molecule has 3 rings (SSSR count). The summed E-state index contributed by atoms with van der Waals surface area (Å²) in [7, 11) is 0. The summed E-state index contributed by atoms with van der Waals surface area (Å²) in [4.78, 5) is 37.0. The largest absolute Gasteiger partial charge is 0.482 e. The van der Waals surface area contributed by atoms with Gasteiger partial charge in [-0.25, -0.2) is 9.59 Å². The van der Waals surface area contributed by atoms with Crippen molar-refractivity contribution < 1.29 is 23.5 Å². The first-order valence-corrected chi connectivity index (χ1v) is 9.22. The number of carbonyl (C=O) groups excluding carboxylic acids is 2. The summed E-state index contributed by atoms with van der Waals surface area (Å²) >= 11 is 1.40. The second-order valence-corrected chi connectivity index (χ2v) is 7.07. The van der Waals surface area contributed by atoms with E-state index in [-0.39, 0.29) is 19.0 Å². The summed E-state index contributed by atoms with van der Waals surface area (Å²) in [5.41, 5.74) is 0.728. The van der Waals surface area contributed by atoms with E-state index in [1.54, 1.807) is 24.3 Å². The van der Waals surface area contributed by atoms with Gasteiger partial charge in [0.1, 0.15) is 11.3 Å². The minimum atomic E-state index is -0.651. The van der Waals surface area contributed by atoms with Gasteiger partial charge in [-0.1, -0.05) is 6.92 Å². The Kier molecular flexibility index (Phi) is 5.71. The highest BCUT2D eigenvalue weighted by Gasteiger charge is 2.13. The second-order valence-electron chi connectivity index (χ2n) is 5.90. The fourth-order valence-electron chi connectivity index (χ4n) is 2.51. The van der Waals surface area contributed by atoms with Gasteiger partial charge in [0.25, 0.3) is 0 Å². The molecule has 0 fully saturated rings. The van der Waals surface area contributed by atoms with Crippen LogP contribution in [-0.4, -0.2) is 25.0 Å². The number of Topliss-reactive ketones (excluding diaryl/α,β-unsaturated/α-hetero) is 1. The number of aryl methyl sites for hydroxylation is 2. The monoisotopic (exact) mass is 386 g/mol. The van der Waals surface area contributed by atoms with Crippen molar-refractivity contribution in [1.82, 2.24) is 0 Å². The Labute approximate surface area is 159 Å². The average molecular weight is 386 g/mol. The van der Waals surface area contributed by atoms with Gasteiger partial charge in [-0.05, 0) is 43.2 Å². The molecule has 0 spiro atoms. The molecule has 6 nitrogen and oxygen atoms in total. The SMILES string of the molecule is CCc1ccc(C(=O)COC(=O)COc2ccc3c(C)cc(=O)oc3c2)s1. The smallest absolute Gasteiger partial charge is 0.344 e. The molecule has 0 N–H and O–H groups in total. The predicted octanol–water partition coefficient (Wildman–Crippen LogP) is 3.53. The van der Waals surface area contributed by atoms with Gasteiger partial charge >= 0.3 is 11.6 Å². The molecule has 140 valence electrons. The molecule has 27 heavy (non-hydrogen) atoms. The Morgan fingerprint density at radius 2 is 1.93 bits per heavy atom. The summed E-state index contributed by atoms with van der Waals surface area (Å²) < 4.78 is 15.5. The first-order chi connectivity index (χ1) is 13.0. The zero-order chi connectivity index (χ0) is 19.4. The maximum atomic E-state index is 12.0. The lowest BCUT2D eigenvalue weighted by molar-refractivity contribution is -0.144. The molecule has 0 saturated carbocycles. The van der Waals surface area contributed by atoms with Gasteiger partial charge in [-0.3, -0.25) is 4.79 Å². The lowest BCUT2D eigenvalue weighted by Gasteiger charge is -2.07. The van der Waals surface area contributed by atoms with Crippen LogP contribution < -0.4 is 10.4 Å². The molecule has 2 heterocycles. The van der Waals surface area contributed by atoms with Crippen LogP contribution >= 0.6 is 11.3 Å². The number of ether oxygens (including phenoxy) is 2. The van der Waals surface area contributed by atoms with Gasteiger partial charge in [0.2, 0.25) is 5.78 Å². The molecule has 1 aromatic carbocycles. The van der Waals surface area contributed by atoms with Crippen molar-refractivity contribution in [2.75, 3.05) is 13.2 Å². The van der Waals surface area contributed by atoms with E-state index in [0.29, 0.717) is 16.2 Å². The molecular formula is C20H18O6S. The van der Waals surface area contributed by atoms with Gasteiger partial charge in [0, 0.05) is 22.4 Å². The topological polar surface area (TPSA) is 82.8 Å². The van der Waals surface area contributed by atoms with Gasteiger partial charge in [-0.15, -0.1) is 11.3 Å². The standard InChI is InChI=1S/C20H18O6S/c1-3-14-5-7-18(27-14)16(21)10-25-20(23)11-24-13-4-6-15-12(2)8-19(22)26-17(15)9-13/h4-9H,3,10-11H2,1-2H3. The highest BCUT2D eigenvalue weighted by atomic mass is 32.1. The molecule has 0 aliphatic carbocycles. The molecule has 0 radical (unpaired) electrons. The number of rotatable bonds is 7. The fraction of sp³-hybridized carbons (Fsp3) is 0.250. The van der Waals surface area contributed by atoms with Gasteiger partial charge < -0.3 is 13.9 Å². The maximum Gasteiger partial charge on any atom is 0.344 e. The van der Waals surface area contributed by atoms with Crippen molar-refractivity contribution in [3.8, 4) is 5.75 Å². The van der Waals surface area contributed by atoms with Crippen molar-refractivity contribution in [1.29, 1.82) is 0 Å². The molecule has 7 heteroatoms. The first kappa shape index (κ1) is 18.8. The van der Waals surface area contributed by atoms with Crippen LogP contribution in [0.25, 0.3) is 11.0 Å². The normalized spacial score (nSPS) is 10.7. The van der Waals surface area contributed by atoms with Crippen molar-refractivity contribution in [2.45, 2.75) is 20.3 Å². The van der Waals surface area contributed by atoms with Crippen LogP contribution in [0.1, 0.15) is 27.0 Å². The average Bonchev–Trinajstić information content (AvgIpc) is 3.13. The second kappa shape index (κ2) is 8.18. The molecule has 0 aliphatic rings. The lowest BCUT2D eigenvalue weighted by Crippen LogP contribution is -2.19. The van der Waals surface area contributed by atoms with E-state index >= 15 is 0 Å². The number of ketones is 1. The highest BCUT2D eigenvalue weighted by molar-refractivity contribution is 7.14. The molecule has 0 atom stereocenters. The number of esters is 1. The van der Waals surface area contributed by atoms with Gasteiger partial charge in [0.05, 0.1) is 4.88 Å². The Morgan fingerprint density at radius 3 is 2.67 bits per heavy atom. The molecule has 0 saturated heterocycles.